The number of hydrogen-bond acceptors (Lipinski definition) is 1. The predicted molar refractivity (Wildman–Crippen MR) is 57.3 cm³/mol. The average Bonchev–Trinajstić information content (AvgIpc) is 2.27. The minimum atomic E-state index is -0.484. The number of halogens is 2. The molecule has 0 heterocycles. The molecule has 1 aliphatic carbocycles. The Bertz CT molecular complexity index is 416. The summed E-state index contributed by atoms with van der Waals surface area (Å²) in [5.41, 5.74) is 0.640. The smallest absolute Gasteiger partial charge is 0.132 e. The Balaban J connectivity index is 2.33. The molecule has 1 aromatic carbocycles. The largest absolute Gasteiger partial charge is 0.300 e. The zero-order chi connectivity index (χ0) is 11.7. The van der Waals surface area contributed by atoms with Crippen LogP contribution in [0.4, 0.5) is 8.78 Å². The van der Waals surface area contributed by atoms with Gasteiger partial charge in [0, 0.05) is 18.4 Å². The fraction of sp³-hybridized carbons (Fsp3) is 0.462. The monoisotopic (exact) mass is 224 g/mol. The van der Waals surface area contributed by atoms with Gasteiger partial charge in [-0.05, 0) is 37.3 Å². The molecule has 1 saturated carbocycles. The predicted octanol–water partition coefficient (Wildman–Crippen LogP) is 3.50. The van der Waals surface area contributed by atoms with Gasteiger partial charge in [-0.2, -0.15) is 0 Å². The quantitative estimate of drug-likeness (QED) is 0.713. The third-order valence-corrected chi connectivity index (χ3v) is 3.27. The molecule has 0 N–H and O–H groups in total. The van der Waals surface area contributed by atoms with Crippen LogP contribution in [0.5, 0.6) is 0 Å². The lowest BCUT2D eigenvalue weighted by Crippen LogP contribution is -2.15. The Kier molecular flexibility index (Phi) is 3.03. The summed E-state index contributed by atoms with van der Waals surface area (Å²) in [7, 11) is 0. The number of hydrogen-bond donors (Lipinski definition) is 0. The number of carbonyl (C=O) groups is 1. The first kappa shape index (κ1) is 11.2. The van der Waals surface area contributed by atoms with Crippen molar-refractivity contribution in [3.63, 3.8) is 0 Å². The standard InChI is InChI=1S/C13H14F2O/c1-8-2-7-11(14)12(13(8)15)9-3-5-10(16)6-4-9/h2,7,9H,3-6H2,1H3. The molecular formula is C13H14F2O. The zero-order valence-corrected chi connectivity index (χ0v) is 9.22. The molecule has 0 unspecified atom stereocenters. The number of aryl methyl sites for hydroxylation is 1. The molecule has 2 rings (SSSR count). The van der Waals surface area contributed by atoms with Gasteiger partial charge in [-0.25, -0.2) is 8.78 Å². The summed E-state index contributed by atoms with van der Waals surface area (Å²) in [4.78, 5) is 11.1. The molecule has 1 fully saturated rings. The zero-order valence-electron chi connectivity index (χ0n) is 9.22. The average molecular weight is 224 g/mol. The van der Waals surface area contributed by atoms with Gasteiger partial charge >= 0.3 is 0 Å². The highest BCUT2D eigenvalue weighted by atomic mass is 19.1. The van der Waals surface area contributed by atoms with Gasteiger partial charge in [-0.1, -0.05) is 6.07 Å². The Labute approximate surface area is 93.5 Å². The van der Waals surface area contributed by atoms with E-state index in [2.05, 4.69) is 0 Å². The Morgan fingerprint density at radius 2 is 1.81 bits per heavy atom. The van der Waals surface area contributed by atoms with E-state index in [-0.39, 0.29) is 17.3 Å². The van der Waals surface area contributed by atoms with E-state index in [0.29, 0.717) is 31.2 Å². The van der Waals surface area contributed by atoms with Gasteiger partial charge in [-0.3, -0.25) is 4.79 Å². The number of ketones is 1. The van der Waals surface area contributed by atoms with Gasteiger partial charge in [0.15, 0.2) is 0 Å². The molecule has 3 heteroatoms. The van der Waals surface area contributed by atoms with Crippen molar-refractivity contribution < 1.29 is 13.6 Å². The van der Waals surface area contributed by atoms with Crippen LogP contribution < -0.4 is 0 Å². The van der Waals surface area contributed by atoms with Crippen molar-refractivity contribution in [3.8, 4) is 0 Å². The molecule has 1 nitrogen and oxygen atoms in total. The van der Waals surface area contributed by atoms with Crippen LogP contribution in [0.25, 0.3) is 0 Å². The summed E-state index contributed by atoms with van der Waals surface area (Å²) in [6, 6.07) is 2.76. The van der Waals surface area contributed by atoms with Gasteiger partial charge in [0.05, 0.1) is 0 Å². The molecule has 1 aromatic rings. The topological polar surface area (TPSA) is 17.1 Å². The highest BCUT2D eigenvalue weighted by Crippen LogP contribution is 2.35. The van der Waals surface area contributed by atoms with Crippen LogP contribution >= 0.6 is 0 Å². The molecule has 16 heavy (non-hydrogen) atoms. The molecule has 0 saturated heterocycles. The molecular weight excluding hydrogens is 210 g/mol. The summed E-state index contributed by atoms with van der Waals surface area (Å²) in [6.07, 6.45) is 2.02. The molecule has 0 atom stereocenters. The van der Waals surface area contributed by atoms with Crippen molar-refractivity contribution >= 4 is 5.78 Å². The maximum atomic E-state index is 13.8. The van der Waals surface area contributed by atoms with E-state index in [9.17, 15) is 13.6 Å². The van der Waals surface area contributed by atoms with Crippen LogP contribution in [0, 0.1) is 18.6 Å². The first-order chi connectivity index (χ1) is 7.59. The van der Waals surface area contributed by atoms with Gasteiger partial charge < -0.3 is 0 Å². The lowest BCUT2D eigenvalue weighted by Gasteiger charge is -2.22. The second-order valence-electron chi connectivity index (χ2n) is 4.40. The van der Waals surface area contributed by atoms with Crippen molar-refractivity contribution in [1.29, 1.82) is 0 Å². The molecule has 0 aromatic heterocycles. The van der Waals surface area contributed by atoms with Crippen LogP contribution in [0.2, 0.25) is 0 Å². The van der Waals surface area contributed by atoms with Gasteiger partial charge in [0.25, 0.3) is 0 Å². The number of rotatable bonds is 1. The SMILES string of the molecule is Cc1ccc(F)c(C2CCC(=O)CC2)c1F. The van der Waals surface area contributed by atoms with E-state index >= 15 is 0 Å². The van der Waals surface area contributed by atoms with Crippen molar-refractivity contribution in [2.75, 3.05) is 0 Å². The fourth-order valence-electron chi connectivity index (χ4n) is 2.28. The van der Waals surface area contributed by atoms with E-state index in [4.69, 9.17) is 0 Å². The van der Waals surface area contributed by atoms with E-state index < -0.39 is 11.6 Å². The van der Waals surface area contributed by atoms with Crippen molar-refractivity contribution in [3.05, 3.63) is 34.9 Å². The molecule has 0 spiro atoms. The van der Waals surface area contributed by atoms with Crippen molar-refractivity contribution in [2.45, 2.75) is 38.5 Å². The van der Waals surface area contributed by atoms with Crippen molar-refractivity contribution in [1.82, 2.24) is 0 Å². The minimum absolute atomic E-state index is 0.141. The lowest BCUT2D eigenvalue weighted by molar-refractivity contribution is -0.120. The molecule has 86 valence electrons. The second-order valence-corrected chi connectivity index (χ2v) is 4.40. The lowest BCUT2D eigenvalue weighted by atomic mass is 9.82. The first-order valence-electron chi connectivity index (χ1n) is 5.56. The maximum Gasteiger partial charge on any atom is 0.132 e. The van der Waals surface area contributed by atoms with Crippen LogP contribution in [0.3, 0.4) is 0 Å². The highest BCUT2D eigenvalue weighted by molar-refractivity contribution is 5.79. The van der Waals surface area contributed by atoms with E-state index in [1.807, 2.05) is 0 Å². The molecule has 0 aliphatic heterocycles. The molecule has 0 radical (unpaired) electrons. The van der Waals surface area contributed by atoms with Gasteiger partial charge in [0.1, 0.15) is 17.4 Å². The van der Waals surface area contributed by atoms with Crippen LogP contribution in [-0.2, 0) is 4.79 Å². The molecule has 0 bridgehead atoms. The summed E-state index contributed by atoms with van der Waals surface area (Å²) in [6.45, 7) is 1.63. The first-order valence-corrected chi connectivity index (χ1v) is 5.56. The van der Waals surface area contributed by atoms with Crippen LogP contribution in [0.15, 0.2) is 12.1 Å². The van der Waals surface area contributed by atoms with E-state index in [1.165, 1.54) is 12.1 Å². The van der Waals surface area contributed by atoms with E-state index in [0.717, 1.165) is 0 Å². The third kappa shape index (κ3) is 1.99. The third-order valence-electron chi connectivity index (χ3n) is 3.27. The Morgan fingerprint density at radius 3 is 2.44 bits per heavy atom. The molecule has 0 amide bonds. The summed E-state index contributed by atoms with van der Waals surface area (Å²) in [5.74, 6) is -0.871. The summed E-state index contributed by atoms with van der Waals surface area (Å²) < 4.78 is 27.4. The Hall–Kier alpha value is -1.25. The van der Waals surface area contributed by atoms with E-state index in [1.54, 1.807) is 6.92 Å². The molecule has 1 aliphatic rings. The number of benzene rings is 1. The normalized spacial score (nSPS) is 17.8. The number of carbonyl (C=O) groups excluding carboxylic acids is 1. The minimum Gasteiger partial charge on any atom is -0.300 e. The number of Topliss-reactive ketones (excluding diaryl/α,β-unsaturated/α-hetero) is 1. The van der Waals surface area contributed by atoms with Gasteiger partial charge in [0.2, 0.25) is 0 Å². The van der Waals surface area contributed by atoms with Crippen molar-refractivity contribution in [2.24, 2.45) is 0 Å². The van der Waals surface area contributed by atoms with Crippen LogP contribution in [-0.4, -0.2) is 5.78 Å². The summed E-state index contributed by atoms with van der Waals surface area (Å²) in [5, 5.41) is 0. The second kappa shape index (κ2) is 4.32. The fourth-order valence-corrected chi connectivity index (χ4v) is 2.28. The Morgan fingerprint density at radius 1 is 1.19 bits per heavy atom. The van der Waals surface area contributed by atoms with Gasteiger partial charge in [-0.15, -0.1) is 0 Å². The summed E-state index contributed by atoms with van der Waals surface area (Å²) >= 11 is 0. The maximum absolute atomic E-state index is 13.8. The highest BCUT2D eigenvalue weighted by Gasteiger charge is 2.25. The van der Waals surface area contributed by atoms with Crippen LogP contribution in [0.1, 0.15) is 42.7 Å².